The number of aromatic nitrogens is 3. The van der Waals surface area contributed by atoms with Crippen LogP contribution in [0.4, 0.5) is 5.82 Å². The summed E-state index contributed by atoms with van der Waals surface area (Å²) in [5.74, 6) is 1.31. The highest BCUT2D eigenvalue weighted by atomic mass is 16.5. The van der Waals surface area contributed by atoms with Crippen LogP contribution in [-0.4, -0.2) is 35.4 Å². The number of aldehydes is 1. The number of benzene rings is 1. The Balaban J connectivity index is 2.21. The number of hydrogen-bond donors (Lipinski definition) is 1. The Hall–Kier alpha value is -3.22. The third-order valence-electron chi connectivity index (χ3n) is 3.40. The van der Waals surface area contributed by atoms with Gasteiger partial charge in [-0.3, -0.25) is 9.78 Å². The van der Waals surface area contributed by atoms with Gasteiger partial charge in [0.15, 0.2) is 12.1 Å². The molecule has 23 heavy (non-hydrogen) atoms. The van der Waals surface area contributed by atoms with Crippen LogP contribution in [0.25, 0.3) is 10.9 Å². The average Bonchev–Trinajstić information content (AvgIpc) is 2.62. The van der Waals surface area contributed by atoms with Gasteiger partial charge in [-0.15, -0.1) is 0 Å². The topological polar surface area (TPSA) is 83.5 Å². The minimum atomic E-state index is 0.457. The number of methoxy groups -OCH3 is 1. The summed E-state index contributed by atoms with van der Waals surface area (Å²) in [5, 5.41) is 7.48. The van der Waals surface area contributed by atoms with E-state index in [0.717, 1.165) is 22.9 Å². The summed E-state index contributed by atoms with van der Waals surface area (Å²) in [6.45, 7) is 0. The van der Waals surface area contributed by atoms with E-state index in [-0.39, 0.29) is 0 Å². The molecule has 0 radical (unpaired) electrons. The number of aromatic amines is 1. The maximum absolute atomic E-state index is 11.4. The molecule has 0 aliphatic carbocycles. The van der Waals surface area contributed by atoms with E-state index >= 15 is 0 Å². The number of nitrogens with zero attached hydrogens (tertiary/aromatic N) is 4. The van der Waals surface area contributed by atoms with Crippen LogP contribution in [0.2, 0.25) is 0 Å². The molecule has 0 amide bonds. The number of H-pyrrole nitrogens is 1. The van der Waals surface area contributed by atoms with Gasteiger partial charge in [0.2, 0.25) is 0 Å². The Morgan fingerprint density at radius 2 is 2.22 bits per heavy atom. The molecule has 2 heterocycles. The van der Waals surface area contributed by atoms with Crippen LogP contribution in [0.15, 0.2) is 48.1 Å². The van der Waals surface area contributed by atoms with Crippen LogP contribution in [0.1, 0.15) is 10.4 Å². The van der Waals surface area contributed by atoms with Crippen LogP contribution in [0, 0.1) is 0 Å². The van der Waals surface area contributed by atoms with Crippen molar-refractivity contribution in [1.82, 2.24) is 15.0 Å². The lowest BCUT2D eigenvalue weighted by molar-refractivity contribution is 0.112. The first kappa shape index (κ1) is 14.7. The lowest BCUT2D eigenvalue weighted by Gasteiger charge is -2.12. The van der Waals surface area contributed by atoms with Crippen LogP contribution in [0.5, 0.6) is 5.75 Å². The highest BCUT2D eigenvalue weighted by Gasteiger charge is 2.07. The van der Waals surface area contributed by atoms with Crippen molar-refractivity contribution in [2.75, 3.05) is 19.2 Å². The third-order valence-corrected chi connectivity index (χ3v) is 3.40. The van der Waals surface area contributed by atoms with Crippen LogP contribution in [-0.2, 0) is 0 Å². The summed E-state index contributed by atoms with van der Waals surface area (Å²) in [5.41, 5.74) is 1.28. The summed E-state index contributed by atoms with van der Waals surface area (Å²) in [6.07, 6.45) is 7.17. The zero-order valence-electron chi connectivity index (χ0n) is 12.7. The zero-order valence-corrected chi connectivity index (χ0v) is 12.7. The maximum atomic E-state index is 11.4. The Morgan fingerprint density at radius 3 is 2.91 bits per heavy atom. The standard InChI is InChI=1S/C16H15N5O2/c1-21(15-9-17-5-6-18-15)20-16-11(10-22)8-19-14-7-12(23-2)3-4-13(14)16/h3-10H,1-2H3,(H,19,20). The predicted molar refractivity (Wildman–Crippen MR) is 86.2 cm³/mol. The van der Waals surface area contributed by atoms with Crippen molar-refractivity contribution in [2.24, 2.45) is 5.10 Å². The molecule has 0 unspecified atom stereocenters. The summed E-state index contributed by atoms with van der Waals surface area (Å²) >= 11 is 0. The van der Waals surface area contributed by atoms with Crippen molar-refractivity contribution < 1.29 is 9.53 Å². The van der Waals surface area contributed by atoms with Gasteiger partial charge < -0.3 is 9.72 Å². The molecule has 3 aromatic rings. The minimum Gasteiger partial charge on any atom is -0.497 e. The van der Waals surface area contributed by atoms with Crippen LogP contribution < -0.4 is 15.1 Å². The summed E-state index contributed by atoms with van der Waals surface area (Å²) in [7, 11) is 3.36. The molecule has 0 aliphatic heterocycles. The number of ether oxygens (including phenoxy) is 1. The quantitative estimate of drug-likeness (QED) is 0.586. The number of hydrogen-bond acceptors (Lipinski definition) is 6. The van der Waals surface area contributed by atoms with E-state index in [4.69, 9.17) is 4.74 Å². The van der Waals surface area contributed by atoms with E-state index < -0.39 is 0 Å². The first-order valence-corrected chi connectivity index (χ1v) is 6.92. The highest BCUT2D eigenvalue weighted by molar-refractivity contribution is 5.86. The first-order valence-electron chi connectivity index (χ1n) is 6.92. The molecular weight excluding hydrogens is 294 g/mol. The molecule has 3 rings (SSSR count). The molecular formula is C16H15N5O2. The van der Waals surface area contributed by atoms with E-state index in [1.165, 1.54) is 0 Å². The molecule has 0 atom stereocenters. The predicted octanol–water partition coefficient (Wildman–Crippen LogP) is 1.73. The van der Waals surface area contributed by atoms with Crippen LogP contribution in [0.3, 0.4) is 0 Å². The van der Waals surface area contributed by atoms with E-state index in [1.54, 1.807) is 44.0 Å². The Labute approximate surface area is 132 Å². The van der Waals surface area contributed by atoms with Crippen LogP contribution >= 0.6 is 0 Å². The molecule has 2 aromatic heterocycles. The molecule has 1 aromatic carbocycles. The molecule has 0 aliphatic rings. The largest absolute Gasteiger partial charge is 0.497 e. The second-order valence-corrected chi connectivity index (χ2v) is 4.81. The van der Waals surface area contributed by atoms with Crippen molar-refractivity contribution in [3.63, 3.8) is 0 Å². The van der Waals surface area contributed by atoms with E-state index in [9.17, 15) is 4.79 Å². The van der Waals surface area contributed by atoms with Crippen molar-refractivity contribution in [3.8, 4) is 5.75 Å². The number of nitrogens with one attached hydrogen (secondary N) is 1. The van der Waals surface area contributed by atoms with E-state index in [2.05, 4.69) is 20.1 Å². The molecule has 7 heteroatoms. The monoisotopic (exact) mass is 309 g/mol. The lowest BCUT2D eigenvalue weighted by Crippen LogP contribution is -2.20. The zero-order chi connectivity index (χ0) is 16.2. The first-order chi connectivity index (χ1) is 11.2. The van der Waals surface area contributed by atoms with Crippen molar-refractivity contribution in [2.45, 2.75) is 0 Å². The van der Waals surface area contributed by atoms with Gasteiger partial charge in [-0.1, -0.05) is 0 Å². The Bertz CT molecular complexity index is 905. The fourth-order valence-corrected chi connectivity index (χ4v) is 2.22. The van der Waals surface area contributed by atoms with Gasteiger partial charge in [-0.2, -0.15) is 5.10 Å². The normalized spacial score (nSPS) is 11.5. The van der Waals surface area contributed by atoms with E-state index in [1.807, 2.05) is 18.2 Å². The summed E-state index contributed by atoms with van der Waals surface area (Å²) in [4.78, 5) is 22.7. The van der Waals surface area contributed by atoms with Gasteiger partial charge in [0.05, 0.1) is 24.4 Å². The van der Waals surface area contributed by atoms with Gasteiger partial charge in [0.1, 0.15) is 11.1 Å². The Morgan fingerprint density at radius 1 is 1.35 bits per heavy atom. The third kappa shape index (κ3) is 2.89. The lowest BCUT2D eigenvalue weighted by atomic mass is 10.1. The minimum absolute atomic E-state index is 0.457. The van der Waals surface area contributed by atoms with Crippen molar-refractivity contribution in [1.29, 1.82) is 0 Å². The number of anilines is 1. The van der Waals surface area contributed by atoms with Crippen molar-refractivity contribution in [3.05, 3.63) is 53.9 Å². The average molecular weight is 309 g/mol. The molecule has 0 fully saturated rings. The van der Waals surface area contributed by atoms with Gasteiger partial charge in [0.25, 0.3) is 0 Å². The molecule has 7 nitrogen and oxygen atoms in total. The summed E-state index contributed by atoms with van der Waals surface area (Å²) < 4.78 is 5.22. The van der Waals surface area contributed by atoms with Gasteiger partial charge in [-0.25, -0.2) is 9.99 Å². The molecule has 0 bridgehead atoms. The summed E-state index contributed by atoms with van der Waals surface area (Å²) in [6, 6.07) is 5.54. The number of carbonyl (C=O) groups excluding carboxylic acids is 1. The maximum Gasteiger partial charge on any atom is 0.167 e. The molecule has 0 saturated carbocycles. The van der Waals surface area contributed by atoms with Gasteiger partial charge >= 0.3 is 0 Å². The highest BCUT2D eigenvalue weighted by Crippen LogP contribution is 2.17. The van der Waals surface area contributed by atoms with Gasteiger partial charge in [0, 0.05) is 37.1 Å². The molecule has 1 N–H and O–H groups in total. The van der Waals surface area contributed by atoms with E-state index in [0.29, 0.717) is 16.7 Å². The smallest absolute Gasteiger partial charge is 0.167 e. The fraction of sp³-hybridized carbons (Fsp3) is 0.125. The van der Waals surface area contributed by atoms with Crippen molar-refractivity contribution >= 4 is 23.0 Å². The molecule has 116 valence electrons. The SMILES string of the molecule is COc1ccc2/c(=N/N(C)c3cnccn3)c(C=O)c[nH]c2c1. The number of pyridine rings is 1. The number of fused-ring (bicyclic) bond motifs is 1. The molecule has 0 saturated heterocycles. The second-order valence-electron chi connectivity index (χ2n) is 4.81. The van der Waals surface area contributed by atoms with Gasteiger partial charge in [-0.05, 0) is 12.1 Å². The second kappa shape index (κ2) is 6.27. The Kier molecular flexibility index (Phi) is 4.01. The molecule has 0 spiro atoms. The fourth-order valence-electron chi connectivity index (χ4n) is 2.22. The number of rotatable bonds is 4. The number of carbonyl (C=O) groups is 1.